The van der Waals surface area contributed by atoms with Crippen LogP contribution in [-0.2, 0) is 27.1 Å². The molecule has 0 radical (unpaired) electrons. The summed E-state index contributed by atoms with van der Waals surface area (Å²) in [5, 5.41) is 9.64. The number of carbonyl (C=O) groups is 2. The number of aromatic nitrogens is 2. The second-order valence-corrected chi connectivity index (χ2v) is 8.35. The van der Waals surface area contributed by atoms with E-state index in [2.05, 4.69) is 15.7 Å². The average Bonchev–Trinajstić information content (AvgIpc) is 3.25. The highest BCUT2D eigenvalue weighted by atomic mass is 35.5. The van der Waals surface area contributed by atoms with Crippen molar-refractivity contribution in [1.82, 2.24) is 9.78 Å². The number of hydrogen-bond donors (Lipinski definition) is 2. The molecule has 0 fully saturated rings. The van der Waals surface area contributed by atoms with Crippen molar-refractivity contribution >= 4 is 46.5 Å². The Bertz CT molecular complexity index is 1260. The third-order valence-electron chi connectivity index (χ3n) is 5.17. The van der Waals surface area contributed by atoms with Crippen LogP contribution in [0.4, 0.5) is 24.7 Å². The van der Waals surface area contributed by atoms with Crippen molar-refractivity contribution in [2.45, 2.75) is 25.2 Å². The predicted octanol–water partition coefficient (Wildman–Crippen LogP) is 5.54. The van der Waals surface area contributed by atoms with Crippen molar-refractivity contribution in [3.63, 3.8) is 0 Å². The Morgan fingerprint density at radius 3 is 2.56 bits per heavy atom. The Morgan fingerprint density at radius 2 is 1.91 bits per heavy atom. The number of amides is 2. The van der Waals surface area contributed by atoms with Gasteiger partial charge in [-0.2, -0.15) is 18.3 Å². The van der Waals surface area contributed by atoms with Crippen LogP contribution in [0.2, 0.25) is 10.0 Å². The first kappa shape index (κ1) is 24.1. The first-order valence-corrected chi connectivity index (χ1v) is 10.7. The van der Waals surface area contributed by atoms with Gasteiger partial charge in [0.2, 0.25) is 5.91 Å². The van der Waals surface area contributed by atoms with E-state index >= 15 is 0 Å². The zero-order valence-corrected chi connectivity index (χ0v) is 19.1. The van der Waals surface area contributed by atoms with E-state index in [1.807, 2.05) is 0 Å². The highest BCUT2D eigenvalue weighted by molar-refractivity contribution is 6.31. The predicted molar refractivity (Wildman–Crippen MR) is 121 cm³/mol. The van der Waals surface area contributed by atoms with E-state index in [1.54, 1.807) is 24.3 Å². The SMILES string of the molecule is COCc1nn2c(c1-c1ccc(Cl)cc1)NC(=O)C2CC(=O)Nc1ccc(Cl)c(C(F)(F)F)c1. The summed E-state index contributed by atoms with van der Waals surface area (Å²) in [5.74, 6) is -0.743. The molecule has 7 nitrogen and oxygen atoms in total. The number of rotatable bonds is 6. The maximum absolute atomic E-state index is 13.1. The minimum Gasteiger partial charge on any atom is -0.378 e. The second kappa shape index (κ2) is 9.28. The number of alkyl halides is 3. The average molecular weight is 513 g/mol. The van der Waals surface area contributed by atoms with E-state index in [0.29, 0.717) is 22.1 Å². The lowest BCUT2D eigenvalue weighted by molar-refractivity contribution is -0.137. The van der Waals surface area contributed by atoms with Crippen LogP contribution in [-0.4, -0.2) is 28.7 Å². The van der Waals surface area contributed by atoms with E-state index in [-0.39, 0.29) is 18.7 Å². The number of benzene rings is 2. The Balaban J connectivity index is 1.59. The standard InChI is InChI=1S/C22H17Cl2F3N4O3/c1-34-10-16-19(11-2-4-12(23)5-3-11)20-29-21(33)17(31(20)30-16)9-18(32)28-13-6-7-15(24)14(8-13)22(25,26)27/h2-8,17H,9-10H2,1H3,(H,28,32)(H,29,33). The summed E-state index contributed by atoms with van der Waals surface area (Å²) < 4.78 is 45.9. The molecule has 178 valence electrons. The van der Waals surface area contributed by atoms with Gasteiger partial charge in [-0.15, -0.1) is 0 Å². The minimum atomic E-state index is -4.68. The number of hydrogen-bond acceptors (Lipinski definition) is 4. The van der Waals surface area contributed by atoms with Gasteiger partial charge < -0.3 is 15.4 Å². The molecule has 2 heterocycles. The summed E-state index contributed by atoms with van der Waals surface area (Å²) in [6.45, 7) is 0.151. The Morgan fingerprint density at radius 1 is 1.21 bits per heavy atom. The molecule has 1 aromatic heterocycles. The number of nitrogens with one attached hydrogen (secondary N) is 2. The molecule has 0 bridgehead atoms. The van der Waals surface area contributed by atoms with Crippen molar-refractivity contribution in [3.8, 4) is 11.1 Å². The van der Waals surface area contributed by atoms with Crippen LogP contribution in [0.5, 0.6) is 0 Å². The van der Waals surface area contributed by atoms with Gasteiger partial charge in [0.1, 0.15) is 11.9 Å². The molecule has 0 spiro atoms. The van der Waals surface area contributed by atoms with Crippen LogP contribution < -0.4 is 10.6 Å². The molecule has 2 aromatic carbocycles. The van der Waals surface area contributed by atoms with Crippen molar-refractivity contribution < 1.29 is 27.5 Å². The van der Waals surface area contributed by atoms with Gasteiger partial charge in [-0.1, -0.05) is 35.3 Å². The lowest BCUT2D eigenvalue weighted by Crippen LogP contribution is -2.24. The van der Waals surface area contributed by atoms with Crippen LogP contribution in [0.25, 0.3) is 11.1 Å². The molecule has 34 heavy (non-hydrogen) atoms. The molecular weight excluding hydrogens is 496 g/mol. The molecule has 4 rings (SSSR count). The lowest BCUT2D eigenvalue weighted by Gasteiger charge is -2.13. The summed E-state index contributed by atoms with van der Waals surface area (Å²) in [6.07, 6.45) is -5.03. The summed E-state index contributed by atoms with van der Waals surface area (Å²) in [7, 11) is 1.50. The number of anilines is 2. The zero-order valence-electron chi connectivity index (χ0n) is 17.5. The molecule has 2 amide bonds. The summed E-state index contributed by atoms with van der Waals surface area (Å²) in [5.41, 5.74) is 0.739. The maximum Gasteiger partial charge on any atom is 0.417 e. The van der Waals surface area contributed by atoms with Gasteiger partial charge in [-0.05, 0) is 35.9 Å². The number of methoxy groups -OCH3 is 1. The smallest absolute Gasteiger partial charge is 0.378 e. The highest BCUT2D eigenvalue weighted by Gasteiger charge is 2.37. The van der Waals surface area contributed by atoms with Gasteiger partial charge in [0.25, 0.3) is 5.91 Å². The number of halogens is 5. The van der Waals surface area contributed by atoms with Crippen LogP contribution in [0, 0.1) is 0 Å². The highest BCUT2D eigenvalue weighted by Crippen LogP contribution is 2.40. The fourth-order valence-electron chi connectivity index (χ4n) is 3.68. The molecule has 1 aliphatic rings. The van der Waals surface area contributed by atoms with E-state index in [1.165, 1.54) is 17.9 Å². The molecule has 1 unspecified atom stereocenters. The fraction of sp³-hybridized carbons (Fsp3) is 0.227. The third kappa shape index (κ3) is 4.75. The fourth-order valence-corrected chi connectivity index (χ4v) is 4.03. The Hall–Kier alpha value is -3.08. The molecule has 1 atom stereocenters. The van der Waals surface area contributed by atoms with Gasteiger partial charge in [-0.3, -0.25) is 9.59 Å². The number of nitrogens with zero attached hydrogens (tertiary/aromatic N) is 2. The van der Waals surface area contributed by atoms with Gasteiger partial charge in [0, 0.05) is 23.4 Å². The normalized spacial score (nSPS) is 15.2. The first-order chi connectivity index (χ1) is 16.1. The Kier molecular flexibility index (Phi) is 6.57. The zero-order chi connectivity index (χ0) is 24.6. The lowest BCUT2D eigenvalue weighted by atomic mass is 10.1. The number of fused-ring (bicyclic) bond motifs is 1. The van der Waals surface area contributed by atoms with Gasteiger partial charge in [0.15, 0.2) is 0 Å². The molecule has 2 N–H and O–H groups in total. The third-order valence-corrected chi connectivity index (χ3v) is 5.75. The molecule has 3 aromatic rings. The summed E-state index contributed by atoms with van der Waals surface area (Å²) in [4.78, 5) is 25.3. The van der Waals surface area contributed by atoms with Gasteiger partial charge >= 0.3 is 6.18 Å². The molecule has 1 aliphatic heterocycles. The molecule has 12 heteroatoms. The molecular formula is C22H17Cl2F3N4O3. The van der Waals surface area contributed by atoms with E-state index < -0.39 is 34.6 Å². The summed E-state index contributed by atoms with van der Waals surface area (Å²) in [6, 6.07) is 8.96. The van der Waals surface area contributed by atoms with Crippen molar-refractivity contribution in [3.05, 3.63) is 63.8 Å². The van der Waals surface area contributed by atoms with Gasteiger partial charge in [0.05, 0.1) is 29.3 Å². The maximum atomic E-state index is 13.1. The molecule has 0 saturated heterocycles. The number of carbonyl (C=O) groups excluding carboxylic acids is 2. The summed E-state index contributed by atoms with van der Waals surface area (Å²) >= 11 is 11.6. The van der Waals surface area contributed by atoms with Crippen molar-refractivity contribution in [2.24, 2.45) is 0 Å². The topological polar surface area (TPSA) is 85.2 Å². The largest absolute Gasteiger partial charge is 0.417 e. The molecule has 0 aliphatic carbocycles. The quantitative estimate of drug-likeness (QED) is 0.453. The second-order valence-electron chi connectivity index (χ2n) is 7.50. The first-order valence-electron chi connectivity index (χ1n) is 9.92. The van der Waals surface area contributed by atoms with E-state index in [9.17, 15) is 22.8 Å². The van der Waals surface area contributed by atoms with Crippen LogP contribution in [0.15, 0.2) is 42.5 Å². The number of ether oxygens (including phenoxy) is 1. The van der Waals surface area contributed by atoms with Crippen LogP contribution in [0.1, 0.15) is 23.7 Å². The Labute approximate surface area is 201 Å². The monoisotopic (exact) mass is 512 g/mol. The van der Waals surface area contributed by atoms with Gasteiger partial charge in [-0.25, -0.2) is 4.68 Å². The van der Waals surface area contributed by atoms with Crippen LogP contribution >= 0.6 is 23.2 Å². The van der Waals surface area contributed by atoms with Crippen molar-refractivity contribution in [1.29, 1.82) is 0 Å². The minimum absolute atomic E-state index is 0.0947. The van der Waals surface area contributed by atoms with E-state index in [4.69, 9.17) is 27.9 Å². The van der Waals surface area contributed by atoms with Crippen molar-refractivity contribution in [2.75, 3.05) is 17.7 Å². The van der Waals surface area contributed by atoms with Crippen LogP contribution in [0.3, 0.4) is 0 Å². The molecule has 0 saturated carbocycles. The van der Waals surface area contributed by atoms with E-state index in [0.717, 1.165) is 17.7 Å².